The zero-order valence-electron chi connectivity index (χ0n) is 11.4. The van der Waals surface area contributed by atoms with Crippen LogP contribution in [0.5, 0.6) is 5.75 Å². The lowest BCUT2D eigenvalue weighted by molar-refractivity contribution is -0.0869. The Hall–Kier alpha value is -1.10. The van der Waals surface area contributed by atoms with Crippen LogP contribution in [-0.4, -0.2) is 39.1 Å². The lowest BCUT2D eigenvalue weighted by Crippen LogP contribution is -2.38. The Morgan fingerprint density at radius 2 is 2.26 bits per heavy atom. The topological polar surface area (TPSA) is 39.7 Å². The molecule has 1 fully saturated rings. The van der Waals surface area contributed by atoms with Gasteiger partial charge in [-0.15, -0.1) is 0 Å². The van der Waals surface area contributed by atoms with Gasteiger partial charge in [0.2, 0.25) is 0 Å². The Balaban J connectivity index is 1.56. The molecule has 104 valence electrons. The third-order valence-electron chi connectivity index (χ3n) is 3.75. The van der Waals surface area contributed by atoms with E-state index in [4.69, 9.17) is 14.2 Å². The molecule has 0 aromatic heterocycles. The molecule has 1 saturated heterocycles. The fraction of sp³-hybridized carbons (Fsp3) is 0.600. The molecule has 2 heterocycles. The van der Waals surface area contributed by atoms with Gasteiger partial charge >= 0.3 is 0 Å². The number of rotatable bonds is 4. The van der Waals surface area contributed by atoms with Gasteiger partial charge < -0.3 is 19.5 Å². The molecule has 3 rings (SSSR count). The van der Waals surface area contributed by atoms with Gasteiger partial charge in [0, 0.05) is 19.0 Å². The molecule has 1 aromatic carbocycles. The highest BCUT2D eigenvalue weighted by Gasteiger charge is 2.17. The summed E-state index contributed by atoms with van der Waals surface area (Å²) in [5, 5.41) is 3.51. The highest BCUT2D eigenvalue weighted by molar-refractivity contribution is 5.40. The fourth-order valence-corrected chi connectivity index (χ4v) is 2.56. The molecule has 4 heteroatoms. The second-order valence-corrected chi connectivity index (χ2v) is 5.16. The number of nitrogens with one attached hydrogen (secondary N) is 1. The monoisotopic (exact) mass is 263 g/mol. The molecule has 2 unspecified atom stereocenters. The zero-order chi connectivity index (χ0) is 13.1. The average Bonchev–Trinajstić information content (AvgIpc) is 2.93. The van der Waals surface area contributed by atoms with Crippen LogP contribution in [0.3, 0.4) is 0 Å². The van der Waals surface area contributed by atoms with E-state index in [1.165, 1.54) is 11.1 Å². The van der Waals surface area contributed by atoms with Crippen LogP contribution in [0.15, 0.2) is 18.2 Å². The maximum absolute atomic E-state index is 5.63. The lowest BCUT2D eigenvalue weighted by Gasteiger charge is -2.25. The van der Waals surface area contributed by atoms with E-state index in [1.807, 2.05) is 0 Å². The molecule has 2 aliphatic heterocycles. The van der Waals surface area contributed by atoms with Crippen molar-refractivity contribution in [1.82, 2.24) is 5.32 Å². The first-order chi connectivity index (χ1) is 9.33. The Kier molecular flexibility index (Phi) is 4.01. The summed E-state index contributed by atoms with van der Waals surface area (Å²) in [5.41, 5.74) is 2.63. The van der Waals surface area contributed by atoms with Crippen molar-refractivity contribution >= 4 is 0 Å². The van der Waals surface area contributed by atoms with Crippen molar-refractivity contribution < 1.29 is 14.2 Å². The summed E-state index contributed by atoms with van der Waals surface area (Å²) in [6.45, 7) is 5.94. The van der Waals surface area contributed by atoms with Gasteiger partial charge in [0.25, 0.3) is 0 Å². The van der Waals surface area contributed by atoms with Gasteiger partial charge in [0.05, 0.1) is 32.5 Å². The van der Waals surface area contributed by atoms with Crippen molar-refractivity contribution in [1.29, 1.82) is 0 Å². The molecule has 1 aromatic rings. The summed E-state index contributed by atoms with van der Waals surface area (Å²) in [6, 6.07) is 6.78. The minimum atomic E-state index is 0.175. The Morgan fingerprint density at radius 3 is 3.11 bits per heavy atom. The van der Waals surface area contributed by atoms with Gasteiger partial charge in [-0.1, -0.05) is 12.1 Å². The Labute approximate surface area is 114 Å². The van der Waals surface area contributed by atoms with Gasteiger partial charge in [-0.3, -0.25) is 0 Å². The summed E-state index contributed by atoms with van der Waals surface area (Å²) in [5.74, 6) is 1.04. The van der Waals surface area contributed by atoms with Crippen LogP contribution >= 0.6 is 0 Å². The van der Waals surface area contributed by atoms with Crippen molar-refractivity contribution in [2.24, 2.45) is 0 Å². The second-order valence-electron chi connectivity index (χ2n) is 5.16. The zero-order valence-corrected chi connectivity index (χ0v) is 11.4. The Bertz CT molecular complexity index is 429. The number of hydrogen-bond acceptors (Lipinski definition) is 4. The first-order valence-corrected chi connectivity index (χ1v) is 7.01. The molecule has 0 radical (unpaired) electrons. The minimum absolute atomic E-state index is 0.175. The SMILES string of the molecule is CC(NCC1COCCO1)c1ccc2c(c1)CCO2. The van der Waals surface area contributed by atoms with E-state index in [1.54, 1.807) is 0 Å². The molecule has 0 amide bonds. The van der Waals surface area contributed by atoms with E-state index in [2.05, 4.69) is 30.4 Å². The predicted molar refractivity (Wildman–Crippen MR) is 72.6 cm³/mol. The molecular formula is C15H21NO3. The van der Waals surface area contributed by atoms with Crippen LogP contribution in [0, 0.1) is 0 Å². The van der Waals surface area contributed by atoms with E-state index in [0.717, 1.165) is 31.9 Å². The molecule has 0 spiro atoms. The van der Waals surface area contributed by atoms with Crippen LogP contribution in [0.2, 0.25) is 0 Å². The fourth-order valence-electron chi connectivity index (χ4n) is 2.56. The molecule has 2 atom stereocenters. The maximum Gasteiger partial charge on any atom is 0.122 e. The van der Waals surface area contributed by atoms with Crippen molar-refractivity contribution in [3.63, 3.8) is 0 Å². The summed E-state index contributed by atoms with van der Waals surface area (Å²) >= 11 is 0. The summed E-state index contributed by atoms with van der Waals surface area (Å²) in [6.07, 6.45) is 1.20. The first kappa shape index (κ1) is 12.9. The molecule has 1 N–H and O–H groups in total. The van der Waals surface area contributed by atoms with E-state index >= 15 is 0 Å². The van der Waals surface area contributed by atoms with Gasteiger partial charge in [-0.2, -0.15) is 0 Å². The third-order valence-corrected chi connectivity index (χ3v) is 3.75. The number of fused-ring (bicyclic) bond motifs is 1. The van der Waals surface area contributed by atoms with Crippen molar-refractivity contribution in [2.45, 2.75) is 25.5 Å². The van der Waals surface area contributed by atoms with Gasteiger partial charge in [-0.25, -0.2) is 0 Å². The molecule has 0 aliphatic carbocycles. The van der Waals surface area contributed by atoms with E-state index in [9.17, 15) is 0 Å². The van der Waals surface area contributed by atoms with E-state index < -0.39 is 0 Å². The van der Waals surface area contributed by atoms with E-state index in [0.29, 0.717) is 19.3 Å². The summed E-state index contributed by atoms with van der Waals surface area (Å²) < 4.78 is 16.6. The smallest absolute Gasteiger partial charge is 0.122 e. The van der Waals surface area contributed by atoms with E-state index in [-0.39, 0.29) is 6.10 Å². The van der Waals surface area contributed by atoms with Gasteiger partial charge in [0.1, 0.15) is 5.75 Å². The van der Waals surface area contributed by atoms with Crippen molar-refractivity contribution in [3.05, 3.63) is 29.3 Å². The van der Waals surface area contributed by atoms with Crippen molar-refractivity contribution in [2.75, 3.05) is 33.0 Å². The molecule has 19 heavy (non-hydrogen) atoms. The second kappa shape index (κ2) is 5.90. The van der Waals surface area contributed by atoms with Crippen LogP contribution in [0.4, 0.5) is 0 Å². The number of ether oxygens (including phenoxy) is 3. The standard InChI is InChI=1S/C15H21NO3/c1-11(16-9-14-10-17-6-7-18-14)12-2-3-15-13(8-12)4-5-19-15/h2-3,8,11,14,16H,4-7,9-10H2,1H3. The highest BCUT2D eigenvalue weighted by atomic mass is 16.6. The third kappa shape index (κ3) is 3.08. The van der Waals surface area contributed by atoms with Crippen LogP contribution in [0.25, 0.3) is 0 Å². The van der Waals surface area contributed by atoms with Gasteiger partial charge in [-0.05, 0) is 24.1 Å². The summed E-state index contributed by atoms with van der Waals surface area (Å²) in [7, 11) is 0. The highest BCUT2D eigenvalue weighted by Crippen LogP contribution is 2.28. The molecule has 2 aliphatic rings. The minimum Gasteiger partial charge on any atom is -0.493 e. The Morgan fingerprint density at radius 1 is 1.32 bits per heavy atom. The lowest BCUT2D eigenvalue weighted by atomic mass is 10.0. The quantitative estimate of drug-likeness (QED) is 0.897. The average molecular weight is 263 g/mol. The largest absolute Gasteiger partial charge is 0.493 e. The van der Waals surface area contributed by atoms with Gasteiger partial charge in [0.15, 0.2) is 0 Å². The van der Waals surface area contributed by atoms with Crippen LogP contribution in [0.1, 0.15) is 24.1 Å². The first-order valence-electron chi connectivity index (χ1n) is 7.01. The normalized spacial score (nSPS) is 23.7. The molecule has 4 nitrogen and oxygen atoms in total. The predicted octanol–water partition coefficient (Wildman–Crippen LogP) is 1.69. The number of benzene rings is 1. The maximum atomic E-state index is 5.63. The van der Waals surface area contributed by atoms with Crippen molar-refractivity contribution in [3.8, 4) is 5.75 Å². The van der Waals surface area contributed by atoms with Crippen LogP contribution < -0.4 is 10.1 Å². The summed E-state index contributed by atoms with van der Waals surface area (Å²) in [4.78, 5) is 0. The molecule has 0 bridgehead atoms. The van der Waals surface area contributed by atoms with Crippen LogP contribution in [-0.2, 0) is 15.9 Å². The number of hydrogen-bond donors (Lipinski definition) is 1. The molecular weight excluding hydrogens is 242 g/mol. The molecule has 0 saturated carbocycles.